The predicted molar refractivity (Wildman–Crippen MR) is 135 cm³/mol. The lowest BCUT2D eigenvalue weighted by atomic mass is 10.0. The van der Waals surface area contributed by atoms with Crippen LogP contribution in [0, 0.1) is 11.6 Å². The summed E-state index contributed by atoms with van der Waals surface area (Å²) in [6.45, 7) is 4.00. The molecule has 180 valence electrons. The average Bonchev–Trinajstić information content (AvgIpc) is 3.21. The number of likely N-dealkylation sites (N-methyl/N-ethyl adjacent to an activating group) is 1. The van der Waals surface area contributed by atoms with E-state index in [4.69, 9.17) is 0 Å². The maximum atomic E-state index is 13.2. The third-order valence-electron chi connectivity index (χ3n) is 4.88. The van der Waals surface area contributed by atoms with Crippen molar-refractivity contribution < 1.29 is 18.7 Å². The number of aromatic nitrogens is 2. The zero-order valence-electron chi connectivity index (χ0n) is 19.3. The Morgan fingerprint density at radius 3 is 2.47 bits per heavy atom. The van der Waals surface area contributed by atoms with Gasteiger partial charge in [0.1, 0.15) is 23.7 Å². The number of carbonyl (C=O) groups is 1. The lowest BCUT2D eigenvalue weighted by Crippen LogP contribution is -2.20. The monoisotopic (exact) mass is 531 g/mol. The van der Waals surface area contributed by atoms with Gasteiger partial charge in [0.2, 0.25) is 0 Å². The molecular formula is C26H28BrF2N3O2. The number of phenolic OH excluding ortho intramolecular Hbond substituents is 1. The number of fused-ring (bicyclic) bond motifs is 1. The molecule has 0 radical (unpaired) electrons. The number of nitrogens with zero attached hydrogens (tertiary/aromatic N) is 1. The number of pyridine rings is 1. The van der Waals surface area contributed by atoms with Crippen LogP contribution in [0.1, 0.15) is 36.7 Å². The van der Waals surface area contributed by atoms with Crippen molar-refractivity contribution in [2.75, 3.05) is 7.05 Å². The highest BCUT2D eigenvalue weighted by Crippen LogP contribution is 2.24. The molecular weight excluding hydrogens is 504 g/mol. The maximum absolute atomic E-state index is 13.2. The molecule has 8 heteroatoms. The molecule has 0 aliphatic rings. The fourth-order valence-electron chi connectivity index (χ4n) is 3.38. The minimum Gasteiger partial charge on any atom is -0.508 e. The lowest BCUT2D eigenvalue weighted by molar-refractivity contribution is -0.107. The van der Waals surface area contributed by atoms with Crippen LogP contribution >= 0.6 is 15.9 Å². The fourth-order valence-corrected chi connectivity index (χ4v) is 3.91. The van der Waals surface area contributed by atoms with Crippen molar-refractivity contribution >= 4 is 33.1 Å². The van der Waals surface area contributed by atoms with E-state index >= 15 is 0 Å². The van der Waals surface area contributed by atoms with E-state index in [9.17, 15) is 18.7 Å². The van der Waals surface area contributed by atoms with E-state index in [1.54, 1.807) is 37.6 Å². The van der Waals surface area contributed by atoms with E-state index in [1.165, 1.54) is 12.1 Å². The molecule has 3 N–H and O–H groups in total. The third kappa shape index (κ3) is 7.46. The molecule has 0 bridgehead atoms. The molecule has 4 aromatic rings. The molecule has 0 fully saturated rings. The standard InChI is InChI=1S/C14H13BrF2N2.C10H9NO2.C2H6/c1-18-13(14-12(15)3-2-4-19-14)7-9-5-10(16)8-11(17)6-9;12-4-3-7-6-11-10-2-1-8(13)5-9(7)10;1-2/h2-6,8,13,18H,7H2,1H3;1-2,4-6,11,13H,3H2;1-2H3. The highest BCUT2D eigenvalue weighted by Gasteiger charge is 2.15. The number of aromatic hydroxyl groups is 1. The zero-order valence-corrected chi connectivity index (χ0v) is 20.9. The molecule has 5 nitrogen and oxygen atoms in total. The number of nitrogens with one attached hydrogen (secondary N) is 2. The molecule has 2 heterocycles. The second-order valence-corrected chi connectivity index (χ2v) is 7.96. The first kappa shape index (κ1) is 27.1. The summed E-state index contributed by atoms with van der Waals surface area (Å²) in [5, 5.41) is 13.3. The molecule has 1 unspecified atom stereocenters. The number of carbonyl (C=O) groups excluding carboxylic acids is 1. The molecule has 2 aromatic carbocycles. The van der Waals surface area contributed by atoms with Crippen LogP contribution in [-0.2, 0) is 17.6 Å². The normalized spacial score (nSPS) is 11.1. The maximum Gasteiger partial charge on any atom is 0.126 e. The SMILES string of the molecule is CC.CNC(Cc1cc(F)cc(F)c1)c1ncccc1Br.O=CCc1c[nH]c2ccc(O)cc12. The first-order chi connectivity index (χ1) is 16.4. The molecule has 2 aromatic heterocycles. The first-order valence-electron chi connectivity index (χ1n) is 10.9. The van der Waals surface area contributed by atoms with Crippen molar-refractivity contribution in [1.82, 2.24) is 15.3 Å². The third-order valence-corrected chi connectivity index (χ3v) is 5.55. The van der Waals surface area contributed by atoms with Gasteiger partial charge in [-0.3, -0.25) is 4.98 Å². The number of hydrogen-bond donors (Lipinski definition) is 3. The summed E-state index contributed by atoms with van der Waals surface area (Å²) in [5.41, 5.74) is 3.26. The lowest BCUT2D eigenvalue weighted by Gasteiger charge is -2.17. The number of hydrogen-bond acceptors (Lipinski definition) is 4. The van der Waals surface area contributed by atoms with Crippen molar-refractivity contribution in [3.63, 3.8) is 0 Å². The molecule has 0 amide bonds. The highest BCUT2D eigenvalue weighted by atomic mass is 79.9. The molecule has 0 saturated carbocycles. The second kappa shape index (κ2) is 13.6. The van der Waals surface area contributed by atoms with E-state index in [0.29, 0.717) is 18.4 Å². The number of phenols is 1. The quantitative estimate of drug-likeness (QED) is 0.256. The Morgan fingerprint density at radius 2 is 1.85 bits per heavy atom. The number of aldehydes is 1. The minimum atomic E-state index is -0.565. The Kier molecular flexibility index (Phi) is 10.8. The van der Waals surface area contributed by atoms with Gasteiger partial charge in [-0.15, -0.1) is 0 Å². The van der Waals surface area contributed by atoms with Gasteiger partial charge in [0, 0.05) is 40.3 Å². The Balaban J connectivity index is 0.000000237. The van der Waals surface area contributed by atoms with Crippen molar-refractivity contribution in [1.29, 1.82) is 0 Å². The van der Waals surface area contributed by atoms with Crippen LogP contribution in [0.25, 0.3) is 10.9 Å². The van der Waals surface area contributed by atoms with Gasteiger partial charge in [-0.05, 0) is 83.0 Å². The van der Waals surface area contributed by atoms with Gasteiger partial charge in [0.05, 0.1) is 11.7 Å². The van der Waals surface area contributed by atoms with Crippen LogP contribution < -0.4 is 5.32 Å². The summed E-state index contributed by atoms with van der Waals surface area (Å²) in [6.07, 6.45) is 5.17. The summed E-state index contributed by atoms with van der Waals surface area (Å²) >= 11 is 3.43. The largest absolute Gasteiger partial charge is 0.508 e. The van der Waals surface area contributed by atoms with Gasteiger partial charge in [0.25, 0.3) is 0 Å². The van der Waals surface area contributed by atoms with Gasteiger partial charge in [-0.1, -0.05) is 13.8 Å². The van der Waals surface area contributed by atoms with Crippen LogP contribution in [-0.4, -0.2) is 28.4 Å². The van der Waals surface area contributed by atoms with Crippen molar-refractivity contribution in [2.45, 2.75) is 32.7 Å². The first-order valence-corrected chi connectivity index (χ1v) is 11.7. The molecule has 0 aliphatic heterocycles. The molecule has 0 spiro atoms. The van der Waals surface area contributed by atoms with E-state index < -0.39 is 11.6 Å². The number of aromatic amines is 1. The highest BCUT2D eigenvalue weighted by molar-refractivity contribution is 9.10. The number of rotatable bonds is 6. The van der Waals surface area contributed by atoms with Gasteiger partial charge >= 0.3 is 0 Å². The summed E-state index contributed by atoms with van der Waals surface area (Å²) in [7, 11) is 1.79. The molecule has 4 rings (SSSR count). The van der Waals surface area contributed by atoms with Gasteiger partial charge < -0.3 is 20.2 Å². The summed E-state index contributed by atoms with van der Waals surface area (Å²) in [4.78, 5) is 17.6. The summed E-state index contributed by atoms with van der Waals surface area (Å²) in [5.74, 6) is -0.908. The Morgan fingerprint density at radius 1 is 1.15 bits per heavy atom. The van der Waals surface area contributed by atoms with E-state index in [-0.39, 0.29) is 11.8 Å². The van der Waals surface area contributed by atoms with Crippen LogP contribution in [0.2, 0.25) is 0 Å². The second-order valence-electron chi connectivity index (χ2n) is 7.11. The van der Waals surface area contributed by atoms with Gasteiger partial charge in [0.15, 0.2) is 0 Å². The number of halogens is 3. The molecule has 0 aliphatic carbocycles. The fraction of sp³-hybridized carbons (Fsp3) is 0.231. The number of benzene rings is 2. The summed E-state index contributed by atoms with van der Waals surface area (Å²) in [6, 6.07) is 12.2. The number of H-pyrrole nitrogens is 1. The van der Waals surface area contributed by atoms with Crippen LogP contribution in [0.3, 0.4) is 0 Å². The Bertz CT molecular complexity index is 1190. The van der Waals surface area contributed by atoms with Crippen LogP contribution in [0.5, 0.6) is 5.75 Å². The minimum absolute atomic E-state index is 0.114. The Labute approximate surface area is 206 Å². The Hall–Kier alpha value is -3.10. The van der Waals surface area contributed by atoms with Crippen LogP contribution in [0.4, 0.5) is 8.78 Å². The molecule has 1 atom stereocenters. The van der Waals surface area contributed by atoms with Crippen LogP contribution in [0.15, 0.2) is 65.4 Å². The summed E-state index contributed by atoms with van der Waals surface area (Å²) < 4.78 is 27.2. The van der Waals surface area contributed by atoms with Gasteiger partial charge in [-0.25, -0.2) is 8.78 Å². The van der Waals surface area contributed by atoms with E-state index in [2.05, 4.69) is 31.2 Å². The van der Waals surface area contributed by atoms with Crippen molar-refractivity contribution in [3.8, 4) is 5.75 Å². The topological polar surface area (TPSA) is 78.0 Å². The molecule has 0 saturated heterocycles. The van der Waals surface area contributed by atoms with Crippen molar-refractivity contribution in [2.24, 2.45) is 0 Å². The zero-order chi connectivity index (χ0) is 25.1. The average molecular weight is 532 g/mol. The van der Waals surface area contributed by atoms with Crippen molar-refractivity contribution in [3.05, 3.63) is 93.9 Å². The molecule has 34 heavy (non-hydrogen) atoms. The smallest absolute Gasteiger partial charge is 0.126 e. The van der Waals surface area contributed by atoms with Gasteiger partial charge in [-0.2, -0.15) is 0 Å². The van der Waals surface area contributed by atoms with E-state index in [1.807, 2.05) is 26.0 Å². The van der Waals surface area contributed by atoms with E-state index in [0.717, 1.165) is 39.0 Å². The predicted octanol–water partition coefficient (Wildman–Crippen LogP) is 6.27.